The Labute approximate surface area is 185 Å². The summed E-state index contributed by atoms with van der Waals surface area (Å²) >= 11 is 1.43. The third-order valence-corrected chi connectivity index (χ3v) is 6.23. The number of pyridine rings is 1. The molecule has 0 bridgehead atoms. The highest BCUT2D eigenvalue weighted by atomic mass is 32.1. The van der Waals surface area contributed by atoms with E-state index in [1.165, 1.54) is 11.3 Å². The highest BCUT2D eigenvalue weighted by Gasteiger charge is 2.17. The number of imidazole rings is 1. The van der Waals surface area contributed by atoms with Gasteiger partial charge in [-0.15, -0.1) is 10.2 Å². The normalized spacial score (nSPS) is 11.2. The minimum absolute atomic E-state index is 0.267. The molecular formula is C23H25N5O2S. The van der Waals surface area contributed by atoms with Gasteiger partial charge >= 0.3 is 0 Å². The van der Waals surface area contributed by atoms with E-state index in [1.807, 2.05) is 48.0 Å². The number of rotatable bonds is 8. The molecule has 1 amide bonds. The first kappa shape index (κ1) is 21.0. The highest BCUT2D eigenvalue weighted by Crippen LogP contribution is 2.29. The van der Waals surface area contributed by atoms with Crippen molar-refractivity contribution in [2.75, 3.05) is 5.32 Å². The van der Waals surface area contributed by atoms with Crippen LogP contribution in [-0.2, 0) is 6.61 Å². The van der Waals surface area contributed by atoms with Gasteiger partial charge in [-0.05, 0) is 43.5 Å². The summed E-state index contributed by atoms with van der Waals surface area (Å²) < 4.78 is 7.93. The number of ether oxygens (including phenoxy) is 1. The fourth-order valence-electron chi connectivity index (χ4n) is 3.46. The fraction of sp³-hybridized carbons (Fsp3) is 0.304. The molecule has 0 aliphatic heterocycles. The second-order valence-corrected chi connectivity index (χ2v) is 8.36. The molecule has 0 atom stereocenters. The van der Waals surface area contributed by atoms with Gasteiger partial charge in [-0.25, -0.2) is 4.98 Å². The molecule has 0 spiro atoms. The Hall–Kier alpha value is -3.26. The lowest BCUT2D eigenvalue weighted by Gasteiger charge is -2.10. The molecule has 1 aromatic carbocycles. The average molecular weight is 436 g/mol. The van der Waals surface area contributed by atoms with Crippen LogP contribution in [0.4, 0.5) is 5.13 Å². The number of aromatic nitrogens is 4. The molecule has 1 N–H and O–H groups in total. The predicted octanol–water partition coefficient (Wildman–Crippen LogP) is 5.23. The lowest BCUT2D eigenvalue weighted by atomic mass is 10.1. The van der Waals surface area contributed by atoms with Crippen LogP contribution >= 0.6 is 11.3 Å². The van der Waals surface area contributed by atoms with E-state index in [2.05, 4.69) is 34.3 Å². The number of benzene rings is 1. The lowest BCUT2D eigenvalue weighted by Crippen LogP contribution is -2.13. The molecule has 4 aromatic rings. The molecule has 7 nitrogen and oxygen atoms in total. The summed E-state index contributed by atoms with van der Waals surface area (Å²) in [4.78, 5) is 17.5. The number of anilines is 1. The van der Waals surface area contributed by atoms with Gasteiger partial charge in [-0.1, -0.05) is 43.4 Å². The first-order valence-corrected chi connectivity index (χ1v) is 11.2. The van der Waals surface area contributed by atoms with Gasteiger partial charge in [0.05, 0.1) is 11.3 Å². The summed E-state index contributed by atoms with van der Waals surface area (Å²) in [5.74, 6) is 0.597. The number of carbonyl (C=O) groups is 1. The summed E-state index contributed by atoms with van der Waals surface area (Å²) in [6, 6.07) is 11.2. The van der Waals surface area contributed by atoms with Gasteiger partial charge in [0.15, 0.2) is 0 Å². The molecule has 0 radical (unpaired) electrons. The van der Waals surface area contributed by atoms with Crippen LogP contribution in [0.25, 0.3) is 5.65 Å². The number of hydrogen-bond donors (Lipinski definition) is 1. The molecule has 0 aliphatic carbocycles. The zero-order valence-corrected chi connectivity index (χ0v) is 18.6. The predicted molar refractivity (Wildman–Crippen MR) is 122 cm³/mol. The summed E-state index contributed by atoms with van der Waals surface area (Å²) in [5, 5.41) is 12.7. The van der Waals surface area contributed by atoms with Gasteiger partial charge in [-0.3, -0.25) is 10.1 Å². The molecule has 0 saturated heterocycles. The first-order chi connectivity index (χ1) is 15.1. The molecule has 0 fully saturated rings. The molecule has 160 valence electrons. The van der Waals surface area contributed by atoms with E-state index >= 15 is 0 Å². The van der Waals surface area contributed by atoms with E-state index in [0.29, 0.717) is 22.4 Å². The van der Waals surface area contributed by atoms with Gasteiger partial charge in [0.25, 0.3) is 5.91 Å². The van der Waals surface area contributed by atoms with Crippen LogP contribution in [0.15, 0.2) is 48.8 Å². The smallest absolute Gasteiger partial charge is 0.261 e. The molecular weight excluding hydrogens is 410 g/mol. The molecule has 3 aromatic heterocycles. The Morgan fingerprint density at radius 3 is 2.74 bits per heavy atom. The van der Waals surface area contributed by atoms with Crippen molar-refractivity contribution < 1.29 is 9.53 Å². The SMILES string of the molecule is CCC(CC)c1nnc(NC(=O)c2ccccc2OCc2cn3cccc(C)c3n2)s1. The third-order valence-electron chi connectivity index (χ3n) is 5.23. The molecule has 3 heterocycles. The summed E-state index contributed by atoms with van der Waals surface area (Å²) in [7, 11) is 0. The van der Waals surface area contributed by atoms with Crippen LogP contribution in [0.2, 0.25) is 0 Å². The second-order valence-electron chi connectivity index (χ2n) is 7.35. The van der Waals surface area contributed by atoms with Gasteiger partial charge in [-0.2, -0.15) is 0 Å². The molecule has 0 unspecified atom stereocenters. The van der Waals surface area contributed by atoms with Crippen LogP contribution in [0.5, 0.6) is 5.75 Å². The Bertz CT molecular complexity index is 1200. The quantitative estimate of drug-likeness (QED) is 0.410. The summed E-state index contributed by atoms with van der Waals surface area (Å²) in [6.07, 6.45) is 5.89. The number of nitrogens with zero attached hydrogens (tertiary/aromatic N) is 4. The van der Waals surface area contributed by atoms with Crippen molar-refractivity contribution in [2.24, 2.45) is 0 Å². The van der Waals surface area contributed by atoms with Crippen molar-refractivity contribution in [1.82, 2.24) is 19.6 Å². The Morgan fingerprint density at radius 1 is 1.16 bits per heavy atom. The monoisotopic (exact) mass is 435 g/mol. The minimum Gasteiger partial charge on any atom is -0.486 e. The van der Waals surface area contributed by atoms with Crippen molar-refractivity contribution in [2.45, 2.75) is 46.1 Å². The van der Waals surface area contributed by atoms with Crippen molar-refractivity contribution in [3.05, 3.63) is 70.6 Å². The summed E-state index contributed by atoms with van der Waals surface area (Å²) in [6.45, 7) is 6.55. The number of carbonyl (C=O) groups excluding carboxylic acids is 1. The Kier molecular flexibility index (Phi) is 6.27. The van der Waals surface area contributed by atoms with Crippen molar-refractivity contribution in [3.8, 4) is 5.75 Å². The van der Waals surface area contributed by atoms with Crippen LogP contribution < -0.4 is 10.1 Å². The number of fused-ring (bicyclic) bond motifs is 1. The van der Waals surface area contributed by atoms with Crippen molar-refractivity contribution in [1.29, 1.82) is 0 Å². The maximum atomic E-state index is 12.9. The number of hydrogen-bond acceptors (Lipinski definition) is 6. The number of aryl methyl sites for hydroxylation is 1. The number of nitrogens with one attached hydrogen (secondary N) is 1. The Morgan fingerprint density at radius 2 is 1.97 bits per heavy atom. The van der Waals surface area contributed by atoms with Crippen LogP contribution in [0.3, 0.4) is 0 Å². The lowest BCUT2D eigenvalue weighted by molar-refractivity contribution is 0.102. The Balaban J connectivity index is 1.47. The third kappa shape index (κ3) is 4.59. The van der Waals surface area contributed by atoms with E-state index in [4.69, 9.17) is 4.74 Å². The topological polar surface area (TPSA) is 81.4 Å². The molecule has 0 aliphatic rings. The van der Waals surface area contributed by atoms with E-state index in [0.717, 1.165) is 34.8 Å². The van der Waals surface area contributed by atoms with Gasteiger partial charge in [0, 0.05) is 18.3 Å². The van der Waals surface area contributed by atoms with E-state index in [-0.39, 0.29) is 12.5 Å². The largest absolute Gasteiger partial charge is 0.486 e. The zero-order valence-electron chi connectivity index (χ0n) is 17.8. The van der Waals surface area contributed by atoms with Gasteiger partial charge < -0.3 is 9.14 Å². The first-order valence-electron chi connectivity index (χ1n) is 10.4. The van der Waals surface area contributed by atoms with Crippen LogP contribution in [0.1, 0.15) is 59.2 Å². The maximum Gasteiger partial charge on any atom is 0.261 e. The van der Waals surface area contributed by atoms with Gasteiger partial charge in [0.2, 0.25) is 5.13 Å². The molecule has 4 rings (SSSR count). The highest BCUT2D eigenvalue weighted by molar-refractivity contribution is 7.15. The number of amides is 1. The molecule has 0 saturated carbocycles. The van der Waals surface area contributed by atoms with Crippen LogP contribution in [0, 0.1) is 6.92 Å². The minimum atomic E-state index is -0.270. The molecule has 8 heteroatoms. The van der Waals surface area contributed by atoms with E-state index in [9.17, 15) is 4.79 Å². The number of para-hydroxylation sites is 1. The fourth-order valence-corrected chi connectivity index (χ4v) is 4.46. The van der Waals surface area contributed by atoms with Crippen molar-refractivity contribution in [3.63, 3.8) is 0 Å². The summed E-state index contributed by atoms with van der Waals surface area (Å²) in [5.41, 5.74) is 3.24. The van der Waals surface area contributed by atoms with E-state index < -0.39 is 0 Å². The van der Waals surface area contributed by atoms with Crippen LogP contribution in [-0.4, -0.2) is 25.5 Å². The van der Waals surface area contributed by atoms with Gasteiger partial charge in [0.1, 0.15) is 23.0 Å². The molecule has 31 heavy (non-hydrogen) atoms. The average Bonchev–Trinajstić information content (AvgIpc) is 3.41. The standard InChI is InChI=1S/C23H25N5O2S/c1-4-16(5-2)22-26-27-23(31-22)25-21(29)18-10-6-7-11-19(18)30-14-17-13-28-12-8-9-15(3)20(28)24-17/h6-13,16H,4-5,14H2,1-3H3,(H,25,27,29). The van der Waals surface area contributed by atoms with E-state index in [1.54, 1.807) is 12.1 Å². The second kappa shape index (κ2) is 9.26. The van der Waals surface area contributed by atoms with Crippen molar-refractivity contribution >= 4 is 28.0 Å². The maximum absolute atomic E-state index is 12.9. The zero-order chi connectivity index (χ0) is 21.8.